The summed E-state index contributed by atoms with van der Waals surface area (Å²) in [6, 6.07) is 20.7. The Morgan fingerprint density at radius 3 is 2.24 bits per heavy atom. The van der Waals surface area contributed by atoms with Crippen LogP contribution in [-0.2, 0) is 4.79 Å². The molecule has 0 saturated carbocycles. The maximum Gasteiger partial charge on any atom is 0.250 e. The van der Waals surface area contributed by atoms with Crippen LogP contribution in [0.1, 0.15) is 5.56 Å². The van der Waals surface area contributed by atoms with Crippen LogP contribution in [-0.4, -0.2) is 61.1 Å². The third kappa shape index (κ3) is 6.06. The first kappa shape index (κ1) is 26.6. The van der Waals surface area contributed by atoms with Gasteiger partial charge in [-0.25, -0.2) is 5.43 Å². The van der Waals surface area contributed by atoms with E-state index in [1.807, 2.05) is 59.2 Å². The summed E-state index contributed by atoms with van der Waals surface area (Å²) in [6.45, 7) is 0. The van der Waals surface area contributed by atoms with Crippen molar-refractivity contribution in [1.29, 1.82) is 0 Å². The summed E-state index contributed by atoms with van der Waals surface area (Å²) in [5.74, 6) is 2.73. The lowest BCUT2D eigenvalue weighted by molar-refractivity contribution is -0.118. The van der Waals surface area contributed by atoms with Crippen LogP contribution in [0.2, 0.25) is 0 Å². The molecular formula is C27H27N5O5S. The largest absolute Gasteiger partial charge is 0.497 e. The first-order valence-electron chi connectivity index (χ1n) is 11.5. The van der Waals surface area contributed by atoms with E-state index in [9.17, 15) is 4.79 Å². The lowest BCUT2D eigenvalue weighted by Gasteiger charge is -2.12. The molecule has 1 N–H and O–H groups in total. The number of hydrogen-bond acceptors (Lipinski definition) is 9. The van der Waals surface area contributed by atoms with Crippen molar-refractivity contribution in [1.82, 2.24) is 20.2 Å². The molecule has 0 saturated heterocycles. The van der Waals surface area contributed by atoms with Crippen LogP contribution in [0.25, 0.3) is 17.1 Å². The molecule has 196 valence electrons. The van der Waals surface area contributed by atoms with Crippen molar-refractivity contribution in [2.45, 2.75) is 5.16 Å². The van der Waals surface area contributed by atoms with E-state index in [-0.39, 0.29) is 11.7 Å². The van der Waals surface area contributed by atoms with E-state index >= 15 is 0 Å². The number of ether oxygens (including phenoxy) is 4. The summed E-state index contributed by atoms with van der Waals surface area (Å²) in [5.41, 5.74) is 4.90. The molecule has 1 amide bonds. The SMILES string of the molecule is COc1ccc(-n2c(SCC(=O)N/N=C/c3cc(OC)c(OC)cc3OC)nnc2-c2ccccc2)cc1. The Labute approximate surface area is 224 Å². The predicted molar refractivity (Wildman–Crippen MR) is 146 cm³/mol. The zero-order valence-electron chi connectivity index (χ0n) is 21.4. The predicted octanol–water partition coefficient (Wildman–Crippen LogP) is 4.21. The van der Waals surface area contributed by atoms with E-state index in [1.165, 1.54) is 32.2 Å². The fourth-order valence-corrected chi connectivity index (χ4v) is 4.34. The zero-order valence-corrected chi connectivity index (χ0v) is 22.2. The van der Waals surface area contributed by atoms with Crippen LogP contribution in [0, 0.1) is 0 Å². The van der Waals surface area contributed by atoms with E-state index in [1.54, 1.807) is 26.4 Å². The minimum atomic E-state index is -0.309. The summed E-state index contributed by atoms with van der Waals surface area (Å²) in [7, 11) is 6.24. The maximum atomic E-state index is 12.6. The van der Waals surface area contributed by atoms with E-state index in [0.717, 1.165) is 17.0 Å². The van der Waals surface area contributed by atoms with Gasteiger partial charge in [0.25, 0.3) is 5.91 Å². The van der Waals surface area contributed by atoms with Crippen LogP contribution in [0.4, 0.5) is 0 Å². The van der Waals surface area contributed by atoms with Gasteiger partial charge in [-0.05, 0) is 30.3 Å². The molecule has 1 aromatic heterocycles. The van der Waals surface area contributed by atoms with E-state index in [0.29, 0.717) is 33.8 Å². The number of hydrogen-bond donors (Lipinski definition) is 1. The molecule has 38 heavy (non-hydrogen) atoms. The molecule has 0 aliphatic heterocycles. The van der Waals surface area contributed by atoms with Crippen molar-refractivity contribution in [3.05, 3.63) is 72.3 Å². The van der Waals surface area contributed by atoms with E-state index < -0.39 is 0 Å². The number of carbonyl (C=O) groups is 1. The smallest absolute Gasteiger partial charge is 0.250 e. The number of rotatable bonds is 11. The van der Waals surface area contributed by atoms with Crippen molar-refractivity contribution < 1.29 is 23.7 Å². The Balaban J connectivity index is 1.50. The third-order valence-corrected chi connectivity index (χ3v) is 6.39. The summed E-state index contributed by atoms with van der Waals surface area (Å²) in [5, 5.41) is 13.4. The van der Waals surface area contributed by atoms with Crippen LogP contribution in [0.5, 0.6) is 23.0 Å². The van der Waals surface area contributed by atoms with Crippen LogP contribution >= 0.6 is 11.8 Å². The summed E-state index contributed by atoms with van der Waals surface area (Å²) >= 11 is 1.25. The van der Waals surface area contributed by atoms with Gasteiger partial charge in [-0.1, -0.05) is 42.1 Å². The Bertz CT molecular complexity index is 1410. The van der Waals surface area contributed by atoms with Gasteiger partial charge in [0.1, 0.15) is 11.5 Å². The summed E-state index contributed by atoms with van der Waals surface area (Å²) < 4.78 is 23.2. The summed E-state index contributed by atoms with van der Waals surface area (Å²) in [6.07, 6.45) is 1.48. The normalized spacial score (nSPS) is 10.8. The Kier molecular flexibility index (Phi) is 8.83. The Morgan fingerprint density at radius 1 is 0.895 bits per heavy atom. The van der Waals surface area contributed by atoms with Gasteiger partial charge in [-0.3, -0.25) is 9.36 Å². The second-order valence-corrected chi connectivity index (χ2v) is 8.68. The molecule has 11 heteroatoms. The number of carbonyl (C=O) groups excluding carboxylic acids is 1. The molecule has 4 rings (SSSR count). The standard InChI is InChI=1S/C27H27N5O5S/c1-34-21-12-10-20(11-13-21)32-26(18-8-6-5-7-9-18)30-31-27(32)38-17-25(33)29-28-16-19-14-23(36-3)24(37-4)15-22(19)35-2/h5-16H,17H2,1-4H3,(H,29,33)/b28-16+. The molecular weight excluding hydrogens is 506 g/mol. The quantitative estimate of drug-likeness (QED) is 0.174. The average Bonchev–Trinajstić information content (AvgIpc) is 3.40. The monoisotopic (exact) mass is 533 g/mol. The molecule has 0 aliphatic carbocycles. The van der Waals surface area contributed by atoms with Crippen LogP contribution in [0.3, 0.4) is 0 Å². The van der Waals surface area contributed by atoms with Gasteiger partial charge >= 0.3 is 0 Å². The van der Waals surface area contributed by atoms with Crippen molar-refractivity contribution in [2.75, 3.05) is 34.2 Å². The highest BCUT2D eigenvalue weighted by molar-refractivity contribution is 7.99. The number of nitrogens with one attached hydrogen (secondary N) is 1. The van der Waals surface area contributed by atoms with Gasteiger partial charge in [0.2, 0.25) is 0 Å². The third-order valence-electron chi connectivity index (χ3n) is 5.46. The molecule has 0 atom stereocenters. The van der Waals surface area contributed by atoms with E-state index in [2.05, 4.69) is 20.7 Å². The Morgan fingerprint density at radius 2 is 1.58 bits per heavy atom. The molecule has 3 aromatic carbocycles. The maximum absolute atomic E-state index is 12.6. The number of thioether (sulfide) groups is 1. The van der Waals surface area contributed by atoms with E-state index in [4.69, 9.17) is 18.9 Å². The first-order chi connectivity index (χ1) is 18.6. The van der Waals surface area contributed by atoms with Gasteiger partial charge in [0.05, 0.1) is 40.4 Å². The van der Waals surface area contributed by atoms with Crippen molar-refractivity contribution in [2.24, 2.45) is 5.10 Å². The first-order valence-corrected chi connectivity index (χ1v) is 12.5. The van der Waals surface area contributed by atoms with Crippen molar-refractivity contribution in [3.63, 3.8) is 0 Å². The zero-order chi connectivity index (χ0) is 26.9. The Hall–Kier alpha value is -4.51. The van der Waals surface area contributed by atoms with Crippen LogP contribution < -0.4 is 24.4 Å². The molecule has 0 fully saturated rings. The fourth-order valence-electron chi connectivity index (χ4n) is 3.59. The molecule has 0 spiro atoms. The second-order valence-electron chi connectivity index (χ2n) is 7.74. The van der Waals surface area contributed by atoms with Gasteiger partial charge in [-0.2, -0.15) is 5.10 Å². The number of benzene rings is 3. The molecule has 10 nitrogen and oxygen atoms in total. The average molecular weight is 534 g/mol. The van der Waals surface area contributed by atoms with Crippen molar-refractivity contribution in [3.8, 4) is 40.1 Å². The molecule has 0 unspecified atom stereocenters. The molecule has 0 aliphatic rings. The number of amides is 1. The minimum Gasteiger partial charge on any atom is -0.497 e. The van der Waals surface area contributed by atoms with Gasteiger partial charge in [-0.15, -0.1) is 10.2 Å². The number of aromatic nitrogens is 3. The minimum absolute atomic E-state index is 0.0729. The molecule has 0 bridgehead atoms. The van der Waals surface area contributed by atoms with Crippen molar-refractivity contribution >= 4 is 23.9 Å². The highest BCUT2D eigenvalue weighted by Crippen LogP contribution is 2.34. The fraction of sp³-hybridized carbons (Fsp3) is 0.185. The molecule has 1 heterocycles. The topological polar surface area (TPSA) is 109 Å². The highest BCUT2D eigenvalue weighted by Gasteiger charge is 2.17. The number of methoxy groups -OCH3 is 4. The lowest BCUT2D eigenvalue weighted by atomic mass is 10.2. The van der Waals surface area contributed by atoms with Crippen LogP contribution in [0.15, 0.2) is 77.0 Å². The molecule has 4 aromatic rings. The lowest BCUT2D eigenvalue weighted by Crippen LogP contribution is -2.20. The summed E-state index contributed by atoms with van der Waals surface area (Å²) in [4.78, 5) is 12.6. The van der Waals surface area contributed by atoms with Gasteiger partial charge < -0.3 is 18.9 Å². The highest BCUT2D eigenvalue weighted by atomic mass is 32.2. The molecule has 0 radical (unpaired) electrons. The van der Waals surface area contributed by atoms with Gasteiger partial charge in [0.15, 0.2) is 22.5 Å². The van der Waals surface area contributed by atoms with Gasteiger partial charge in [0, 0.05) is 22.9 Å². The number of hydrazone groups is 1. The second kappa shape index (κ2) is 12.6. The number of nitrogens with zero attached hydrogens (tertiary/aromatic N) is 4.